The minimum absolute atomic E-state index is 0.0782. The summed E-state index contributed by atoms with van der Waals surface area (Å²) in [4.78, 5) is 30.3. The van der Waals surface area contributed by atoms with Crippen molar-refractivity contribution in [2.45, 2.75) is 53.0 Å². The van der Waals surface area contributed by atoms with Gasteiger partial charge in [-0.05, 0) is 38.3 Å². The van der Waals surface area contributed by atoms with E-state index in [1.54, 1.807) is 24.3 Å². The molecule has 1 aromatic carbocycles. The van der Waals surface area contributed by atoms with Gasteiger partial charge in [0.2, 0.25) is 0 Å². The fraction of sp³-hybridized carbons (Fsp3) is 0.636. The Morgan fingerprint density at radius 3 is 1.77 bits per heavy atom. The second-order valence-electron chi connectivity index (χ2n) is 7.61. The van der Waals surface area contributed by atoms with Crippen LogP contribution in [0.25, 0.3) is 10.9 Å². The number of para-hydroxylation sites is 1. The SMILES string of the molecule is CCN(CC)C[C@@H](O)Cn1c(=O)c2ccccc2n(C[C@H](O)CN(CC)CC)c1=O. The predicted molar refractivity (Wildman–Crippen MR) is 120 cm³/mol. The largest absolute Gasteiger partial charge is 0.390 e. The van der Waals surface area contributed by atoms with E-state index in [1.165, 1.54) is 4.57 Å². The Bertz CT molecular complexity index is 915. The van der Waals surface area contributed by atoms with E-state index in [-0.39, 0.29) is 13.1 Å². The first kappa shape index (κ1) is 24.3. The second-order valence-corrected chi connectivity index (χ2v) is 7.61. The van der Waals surface area contributed by atoms with Crippen LogP contribution in [0, 0.1) is 0 Å². The van der Waals surface area contributed by atoms with Gasteiger partial charge in [-0.1, -0.05) is 39.8 Å². The number of fused-ring (bicyclic) bond motifs is 1. The van der Waals surface area contributed by atoms with Crippen molar-refractivity contribution in [1.82, 2.24) is 18.9 Å². The number of hydrogen-bond acceptors (Lipinski definition) is 6. The summed E-state index contributed by atoms with van der Waals surface area (Å²) >= 11 is 0. The minimum Gasteiger partial charge on any atom is -0.390 e. The Kier molecular flexibility index (Phi) is 9.23. The van der Waals surface area contributed by atoms with E-state index in [4.69, 9.17) is 0 Å². The zero-order valence-electron chi connectivity index (χ0n) is 18.6. The molecule has 0 aliphatic carbocycles. The monoisotopic (exact) mass is 420 g/mol. The normalized spacial score (nSPS) is 14.0. The van der Waals surface area contributed by atoms with Crippen LogP contribution < -0.4 is 11.2 Å². The molecule has 2 atom stereocenters. The van der Waals surface area contributed by atoms with E-state index >= 15 is 0 Å². The molecule has 2 N–H and O–H groups in total. The third kappa shape index (κ3) is 5.78. The standard InChI is InChI=1S/C22H36N4O4/c1-5-23(6-2)13-17(27)15-25-20-12-10-9-11-19(20)21(29)26(22(25)30)16-18(28)14-24(7-3)8-4/h9-12,17-18,27-28H,5-8,13-16H2,1-4H3/t17-,18-/m1/s1. The lowest BCUT2D eigenvalue weighted by molar-refractivity contribution is 0.0958. The highest BCUT2D eigenvalue weighted by molar-refractivity contribution is 5.77. The molecule has 0 amide bonds. The van der Waals surface area contributed by atoms with Crippen LogP contribution >= 0.6 is 0 Å². The van der Waals surface area contributed by atoms with Crippen molar-refractivity contribution in [1.29, 1.82) is 0 Å². The van der Waals surface area contributed by atoms with Crippen LogP contribution in [0.2, 0.25) is 0 Å². The quantitative estimate of drug-likeness (QED) is 0.522. The first-order valence-electron chi connectivity index (χ1n) is 10.9. The van der Waals surface area contributed by atoms with E-state index < -0.39 is 23.5 Å². The number of likely N-dealkylation sites (N-methyl/N-ethyl adjacent to an activating group) is 2. The number of nitrogens with zero attached hydrogens (tertiary/aromatic N) is 4. The molecule has 1 heterocycles. The van der Waals surface area contributed by atoms with Crippen LogP contribution in [0.15, 0.2) is 33.9 Å². The number of aromatic nitrogens is 2. The summed E-state index contributed by atoms with van der Waals surface area (Å²) in [5, 5.41) is 21.5. The van der Waals surface area contributed by atoms with Gasteiger partial charge in [-0.3, -0.25) is 13.9 Å². The molecule has 0 aliphatic rings. The Morgan fingerprint density at radius 1 is 0.800 bits per heavy atom. The molecule has 2 aromatic rings. The van der Waals surface area contributed by atoms with Crippen LogP contribution in [-0.4, -0.2) is 80.6 Å². The summed E-state index contributed by atoms with van der Waals surface area (Å²) < 4.78 is 2.55. The maximum absolute atomic E-state index is 13.2. The lowest BCUT2D eigenvalue weighted by atomic mass is 10.2. The van der Waals surface area contributed by atoms with Gasteiger partial charge in [-0.15, -0.1) is 0 Å². The van der Waals surface area contributed by atoms with Gasteiger partial charge in [0.1, 0.15) is 0 Å². The first-order chi connectivity index (χ1) is 14.4. The number of rotatable bonds is 12. The molecule has 0 saturated heterocycles. The third-order valence-electron chi connectivity index (χ3n) is 5.65. The highest BCUT2D eigenvalue weighted by atomic mass is 16.3. The molecule has 168 valence electrons. The summed E-state index contributed by atoms with van der Waals surface area (Å²) in [5.41, 5.74) is -0.417. The summed E-state index contributed by atoms with van der Waals surface area (Å²) in [6, 6.07) is 6.92. The Morgan fingerprint density at radius 2 is 1.27 bits per heavy atom. The highest BCUT2D eigenvalue weighted by Crippen LogP contribution is 2.09. The van der Waals surface area contributed by atoms with Gasteiger partial charge in [0.25, 0.3) is 5.56 Å². The van der Waals surface area contributed by atoms with Crippen LogP contribution in [-0.2, 0) is 13.1 Å². The molecule has 0 aliphatic heterocycles. The van der Waals surface area contributed by atoms with Gasteiger partial charge in [0, 0.05) is 13.1 Å². The Hall–Kier alpha value is -2.00. The molecule has 1 aromatic heterocycles. The molecular formula is C22H36N4O4. The van der Waals surface area contributed by atoms with Crippen molar-refractivity contribution in [3.63, 3.8) is 0 Å². The number of aliphatic hydroxyl groups is 2. The molecule has 0 saturated carbocycles. The molecule has 0 fully saturated rings. The van der Waals surface area contributed by atoms with Crippen LogP contribution in [0.1, 0.15) is 27.7 Å². The van der Waals surface area contributed by atoms with Crippen LogP contribution in [0.5, 0.6) is 0 Å². The molecule has 0 spiro atoms. The average Bonchev–Trinajstić information content (AvgIpc) is 2.76. The van der Waals surface area contributed by atoms with E-state index in [9.17, 15) is 19.8 Å². The summed E-state index contributed by atoms with van der Waals surface area (Å²) in [6.45, 7) is 12.1. The Balaban J connectivity index is 2.42. The lowest BCUT2D eigenvalue weighted by Gasteiger charge is -2.24. The topological polar surface area (TPSA) is 90.9 Å². The van der Waals surface area contributed by atoms with Gasteiger partial charge >= 0.3 is 5.69 Å². The minimum atomic E-state index is -0.842. The van der Waals surface area contributed by atoms with Crippen LogP contribution in [0.3, 0.4) is 0 Å². The number of hydrogen-bond donors (Lipinski definition) is 2. The van der Waals surface area contributed by atoms with Crippen molar-refractivity contribution in [3.05, 3.63) is 45.1 Å². The molecule has 30 heavy (non-hydrogen) atoms. The van der Waals surface area contributed by atoms with E-state index in [0.29, 0.717) is 24.0 Å². The van der Waals surface area contributed by atoms with Crippen molar-refractivity contribution in [2.24, 2.45) is 0 Å². The third-order valence-corrected chi connectivity index (χ3v) is 5.65. The maximum atomic E-state index is 13.2. The average molecular weight is 421 g/mol. The summed E-state index contributed by atoms with van der Waals surface area (Å²) in [5.74, 6) is 0. The first-order valence-corrected chi connectivity index (χ1v) is 10.9. The fourth-order valence-corrected chi connectivity index (χ4v) is 3.80. The van der Waals surface area contributed by atoms with Crippen molar-refractivity contribution in [2.75, 3.05) is 39.3 Å². The lowest BCUT2D eigenvalue weighted by Crippen LogP contribution is -2.46. The van der Waals surface area contributed by atoms with Gasteiger partial charge in [-0.25, -0.2) is 4.79 Å². The van der Waals surface area contributed by atoms with Gasteiger partial charge in [0.05, 0.1) is 36.2 Å². The number of aliphatic hydroxyl groups excluding tert-OH is 2. The molecule has 0 unspecified atom stereocenters. The second kappa shape index (κ2) is 11.4. The van der Waals surface area contributed by atoms with Gasteiger partial charge in [0.15, 0.2) is 0 Å². The van der Waals surface area contributed by atoms with Gasteiger partial charge < -0.3 is 20.0 Å². The predicted octanol–water partition coefficient (Wildman–Crippen LogP) is 0.569. The molecule has 2 rings (SSSR count). The molecule has 0 radical (unpaired) electrons. The Labute approximate surface area is 178 Å². The van der Waals surface area contributed by atoms with Crippen molar-refractivity contribution in [3.8, 4) is 0 Å². The summed E-state index contributed by atoms with van der Waals surface area (Å²) in [7, 11) is 0. The maximum Gasteiger partial charge on any atom is 0.331 e. The fourth-order valence-electron chi connectivity index (χ4n) is 3.80. The van der Waals surface area contributed by atoms with Crippen LogP contribution in [0.4, 0.5) is 0 Å². The van der Waals surface area contributed by atoms with Crippen molar-refractivity contribution < 1.29 is 10.2 Å². The van der Waals surface area contributed by atoms with Crippen molar-refractivity contribution >= 4 is 10.9 Å². The number of benzene rings is 1. The molecule has 8 heteroatoms. The highest BCUT2D eigenvalue weighted by Gasteiger charge is 2.19. The zero-order valence-corrected chi connectivity index (χ0v) is 18.6. The van der Waals surface area contributed by atoms with E-state index in [2.05, 4.69) is 4.90 Å². The molecule has 0 bridgehead atoms. The molecule has 8 nitrogen and oxygen atoms in total. The van der Waals surface area contributed by atoms with Gasteiger partial charge in [-0.2, -0.15) is 0 Å². The van der Waals surface area contributed by atoms with E-state index in [0.717, 1.165) is 30.7 Å². The zero-order chi connectivity index (χ0) is 22.3. The molecular weight excluding hydrogens is 384 g/mol. The summed E-state index contributed by atoms with van der Waals surface area (Å²) in [6.07, 6.45) is -1.59. The van der Waals surface area contributed by atoms with E-state index in [1.807, 2.05) is 32.6 Å². The smallest absolute Gasteiger partial charge is 0.331 e.